The molecule has 0 radical (unpaired) electrons. The van der Waals surface area contributed by atoms with Crippen molar-refractivity contribution >= 4 is 36.1 Å². The molecule has 0 saturated carbocycles. The Hall–Kier alpha value is -3.70. The zero-order valence-corrected chi connectivity index (χ0v) is 21.6. The van der Waals surface area contributed by atoms with Crippen molar-refractivity contribution in [2.75, 3.05) is 23.6 Å². The highest BCUT2D eigenvalue weighted by Crippen LogP contribution is 2.50. The van der Waals surface area contributed by atoms with Gasteiger partial charge in [-0.25, -0.2) is 19.8 Å². The average Bonchev–Trinajstić information content (AvgIpc) is 3.43. The normalized spacial score (nSPS) is 20.7. The maximum atomic E-state index is 13.0. The van der Waals surface area contributed by atoms with Crippen LogP contribution in [0.4, 0.5) is 11.5 Å². The molecule has 198 valence electrons. The Balaban J connectivity index is 1.46. The van der Waals surface area contributed by atoms with Gasteiger partial charge >= 0.3 is 13.6 Å². The molecule has 1 saturated heterocycles. The first kappa shape index (κ1) is 25.9. The molecule has 3 aromatic rings. The predicted molar refractivity (Wildman–Crippen MR) is 139 cm³/mol. The molecule has 2 aromatic heterocycles. The van der Waals surface area contributed by atoms with E-state index in [-0.39, 0.29) is 25.3 Å². The van der Waals surface area contributed by atoms with E-state index in [0.717, 1.165) is 0 Å². The summed E-state index contributed by atoms with van der Waals surface area (Å²) in [6.07, 6.45) is 0.980. The Labute approximate surface area is 218 Å². The van der Waals surface area contributed by atoms with Gasteiger partial charge in [0.25, 0.3) is 5.56 Å². The van der Waals surface area contributed by atoms with E-state index in [2.05, 4.69) is 20.4 Å². The van der Waals surface area contributed by atoms with Crippen molar-refractivity contribution in [3.63, 3.8) is 0 Å². The lowest BCUT2D eigenvalue weighted by molar-refractivity contribution is -0.00459. The van der Waals surface area contributed by atoms with E-state index in [1.165, 1.54) is 18.2 Å². The van der Waals surface area contributed by atoms with Gasteiger partial charge in [0.1, 0.15) is 6.33 Å². The number of aromatic nitrogens is 3. The topological polar surface area (TPSA) is 142 Å². The number of nitrogens with one attached hydrogen (secondary N) is 1. The van der Waals surface area contributed by atoms with Crippen LogP contribution in [0.2, 0.25) is 0 Å². The second-order valence-electron chi connectivity index (χ2n) is 8.40. The minimum absolute atomic E-state index is 0.212. The second-order valence-corrected chi connectivity index (χ2v) is 10.3. The standard InChI is InChI=1S/C25H26N5O7P/c1-3-34-38(33,35-4-2)13-12-17-14-19(37-25(32)16-8-6-5-7-9-16)24(36-17)30-23-21-18(29-30)10-11-20(31)28-22(21)26-15-27-23/h5-13,15,17,19,24,29H,3-4,14H2,1-2H3/b13-12+/t17-,19-,24-/m1/s1. The summed E-state index contributed by atoms with van der Waals surface area (Å²) in [6, 6.07) is 11.5. The largest absolute Gasteiger partial charge is 0.454 e. The molecule has 2 aliphatic rings. The van der Waals surface area contributed by atoms with Gasteiger partial charge in [-0.3, -0.25) is 14.8 Å². The summed E-state index contributed by atoms with van der Waals surface area (Å²) in [7, 11) is -3.46. The van der Waals surface area contributed by atoms with Gasteiger partial charge in [-0.15, -0.1) is 0 Å². The summed E-state index contributed by atoms with van der Waals surface area (Å²) >= 11 is 0. The quantitative estimate of drug-likeness (QED) is 0.313. The van der Waals surface area contributed by atoms with E-state index in [1.54, 1.807) is 61.3 Å². The van der Waals surface area contributed by atoms with Crippen LogP contribution in [0.15, 0.2) is 65.5 Å². The molecule has 0 bridgehead atoms. The molecular formula is C25H26N5O7P. The molecule has 1 aromatic carbocycles. The molecule has 0 amide bonds. The van der Waals surface area contributed by atoms with E-state index in [4.69, 9.17) is 18.5 Å². The number of esters is 1. The lowest BCUT2D eigenvalue weighted by Gasteiger charge is -2.29. The van der Waals surface area contributed by atoms with Crippen molar-refractivity contribution in [2.24, 2.45) is 0 Å². The minimum atomic E-state index is -3.46. The van der Waals surface area contributed by atoms with Crippen LogP contribution in [-0.2, 0) is 23.1 Å². The number of hydrogen-bond donors (Lipinski definition) is 1. The third-order valence-corrected chi connectivity index (χ3v) is 7.65. The van der Waals surface area contributed by atoms with Crippen molar-refractivity contribution < 1.29 is 27.9 Å². The number of rotatable bonds is 9. The Morgan fingerprint density at radius 2 is 1.92 bits per heavy atom. The highest BCUT2D eigenvalue weighted by molar-refractivity contribution is 7.57. The highest BCUT2D eigenvalue weighted by Gasteiger charge is 2.44. The van der Waals surface area contributed by atoms with E-state index in [1.807, 2.05) is 0 Å². The van der Waals surface area contributed by atoms with E-state index >= 15 is 0 Å². The number of hydrogen-bond acceptors (Lipinski definition) is 12. The molecule has 38 heavy (non-hydrogen) atoms. The minimum Gasteiger partial charge on any atom is -0.454 e. The van der Waals surface area contributed by atoms with Crippen LogP contribution >= 0.6 is 7.60 Å². The molecule has 13 heteroatoms. The molecule has 4 heterocycles. The molecule has 1 fully saturated rings. The Kier molecular flexibility index (Phi) is 7.48. The van der Waals surface area contributed by atoms with Crippen LogP contribution in [0.3, 0.4) is 0 Å². The van der Waals surface area contributed by atoms with Crippen LogP contribution in [0.5, 0.6) is 0 Å². The molecule has 1 N–H and O–H groups in total. The number of benzene rings is 1. The Morgan fingerprint density at radius 3 is 2.66 bits per heavy atom. The number of hydrazine groups is 1. The van der Waals surface area contributed by atoms with E-state index < -0.39 is 37.6 Å². The fourth-order valence-electron chi connectivity index (χ4n) is 4.30. The van der Waals surface area contributed by atoms with Crippen LogP contribution in [0.1, 0.15) is 30.6 Å². The third-order valence-electron chi connectivity index (χ3n) is 5.87. The van der Waals surface area contributed by atoms with Gasteiger partial charge in [0, 0.05) is 18.3 Å². The van der Waals surface area contributed by atoms with Crippen LogP contribution in [0.25, 0.3) is 11.0 Å². The predicted octanol–water partition coefficient (Wildman–Crippen LogP) is 3.65. The first-order valence-electron chi connectivity index (χ1n) is 12.1. The van der Waals surface area contributed by atoms with E-state index in [9.17, 15) is 14.2 Å². The lowest BCUT2D eigenvalue weighted by Crippen LogP contribution is -2.45. The molecule has 12 nitrogen and oxygen atoms in total. The smallest absolute Gasteiger partial charge is 0.353 e. The molecular weight excluding hydrogens is 513 g/mol. The van der Waals surface area contributed by atoms with Crippen molar-refractivity contribution in [1.29, 1.82) is 0 Å². The maximum Gasteiger partial charge on any atom is 0.353 e. The zero-order chi connectivity index (χ0) is 26.7. The third kappa shape index (κ3) is 5.30. The van der Waals surface area contributed by atoms with Crippen LogP contribution in [-0.4, -0.2) is 52.6 Å². The van der Waals surface area contributed by atoms with Crippen LogP contribution < -0.4 is 16.0 Å². The number of anilines is 2. The number of carbonyl (C=O) groups excluding carboxylic acids is 1. The summed E-state index contributed by atoms with van der Waals surface area (Å²) in [5.41, 5.74) is 3.91. The van der Waals surface area contributed by atoms with Gasteiger partial charge in [-0.1, -0.05) is 18.2 Å². The number of ether oxygens (including phenoxy) is 2. The van der Waals surface area contributed by atoms with Crippen LogP contribution in [0, 0.1) is 0 Å². The molecule has 0 aliphatic carbocycles. The molecule has 2 aliphatic heterocycles. The Bertz CT molecular complexity index is 1460. The summed E-state index contributed by atoms with van der Waals surface area (Å²) in [4.78, 5) is 37.4. The Morgan fingerprint density at radius 1 is 1.16 bits per heavy atom. The van der Waals surface area contributed by atoms with E-state index in [0.29, 0.717) is 22.5 Å². The van der Waals surface area contributed by atoms with Crippen molar-refractivity contribution in [3.8, 4) is 0 Å². The highest BCUT2D eigenvalue weighted by atomic mass is 31.2. The van der Waals surface area contributed by atoms with Crippen molar-refractivity contribution in [1.82, 2.24) is 15.0 Å². The van der Waals surface area contributed by atoms with Gasteiger partial charge in [0.2, 0.25) is 0 Å². The summed E-state index contributed by atoms with van der Waals surface area (Å²) in [6.45, 7) is 3.88. The number of carbonyl (C=O) groups is 1. The van der Waals surface area contributed by atoms with Gasteiger partial charge in [-0.05, 0) is 38.1 Å². The zero-order valence-electron chi connectivity index (χ0n) is 20.7. The van der Waals surface area contributed by atoms with Gasteiger partial charge in [-0.2, -0.15) is 4.98 Å². The molecule has 0 unspecified atom stereocenters. The SMILES string of the molecule is CCOP(=O)(/C=C/[C@@H]1C[C@@H](OC(=O)c2ccccc2)[C@H](N2Nc3ccc(=O)nc4ncnc2c34)O1)OCC. The fraction of sp³-hybridized carbons (Fsp3) is 0.320. The molecule has 3 atom stereocenters. The fourth-order valence-corrected chi connectivity index (χ4v) is 5.67. The average molecular weight is 539 g/mol. The van der Waals surface area contributed by atoms with Crippen molar-refractivity contribution in [2.45, 2.75) is 38.7 Å². The lowest BCUT2D eigenvalue weighted by atomic mass is 10.1. The molecule has 5 rings (SSSR count). The van der Waals surface area contributed by atoms with Gasteiger partial charge in [0.05, 0.1) is 36.0 Å². The van der Waals surface area contributed by atoms with Gasteiger partial charge in [0.15, 0.2) is 23.8 Å². The monoisotopic (exact) mass is 539 g/mol. The summed E-state index contributed by atoms with van der Waals surface area (Å²) in [5, 5.41) is 2.15. The summed E-state index contributed by atoms with van der Waals surface area (Å²) in [5.74, 6) is 1.27. The first-order chi connectivity index (χ1) is 18.4. The molecule has 0 spiro atoms. The summed E-state index contributed by atoms with van der Waals surface area (Å²) < 4.78 is 35.8. The second kappa shape index (κ2) is 11.0. The van der Waals surface area contributed by atoms with Crippen molar-refractivity contribution in [3.05, 3.63) is 76.6 Å². The first-order valence-corrected chi connectivity index (χ1v) is 13.7. The number of nitrogens with zero attached hydrogens (tertiary/aromatic N) is 4. The maximum absolute atomic E-state index is 13.0. The van der Waals surface area contributed by atoms with Gasteiger partial charge < -0.3 is 18.5 Å².